The number of carbonyl (C=O) groups is 1. The molecule has 0 bridgehead atoms. The summed E-state index contributed by atoms with van der Waals surface area (Å²) in [4.78, 5) is 16.8. The van der Waals surface area contributed by atoms with Crippen LogP contribution in [0.5, 0.6) is 0 Å². The third-order valence-electron chi connectivity index (χ3n) is 4.28. The molecule has 116 valence electrons. The first-order chi connectivity index (χ1) is 11.2. The second kappa shape index (κ2) is 5.52. The van der Waals surface area contributed by atoms with Crippen LogP contribution in [0, 0.1) is 0 Å². The second-order valence-corrected chi connectivity index (χ2v) is 5.89. The zero-order valence-corrected chi connectivity index (χ0v) is 12.5. The number of carbonyl (C=O) groups excluding carboxylic acids is 1. The van der Waals surface area contributed by atoms with Crippen LogP contribution in [0.3, 0.4) is 0 Å². The smallest absolute Gasteiger partial charge is 0.226 e. The molecule has 23 heavy (non-hydrogen) atoms. The summed E-state index contributed by atoms with van der Waals surface area (Å²) in [7, 11) is 0. The maximum absolute atomic E-state index is 12.3. The summed E-state index contributed by atoms with van der Waals surface area (Å²) < 4.78 is 1.89. The molecule has 0 unspecified atom stereocenters. The van der Waals surface area contributed by atoms with E-state index in [0.717, 1.165) is 22.5 Å². The third-order valence-corrected chi connectivity index (χ3v) is 4.28. The van der Waals surface area contributed by atoms with Gasteiger partial charge in [-0.3, -0.25) is 4.79 Å². The second-order valence-electron chi connectivity index (χ2n) is 5.89. The van der Waals surface area contributed by atoms with Crippen LogP contribution in [0.15, 0.2) is 54.9 Å². The van der Waals surface area contributed by atoms with Gasteiger partial charge in [-0.05, 0) is 23.3 Å². The Bertz CT molecular complexity index is 838. The molecule has 0 radical (unpaired) electrons. The van der Waals surface area contributed by atoms with Crippen molar-refractivity contribution in [2.24, 2.45) is 0 Å². The van der Waals surface area contributed by atoms with E-state index in [-0.39, 0.29) is 18.4 Å². The number of pyridine rings is 1. The zero-order chi connectivity index (χ0) is 15.8. The van der Waals surface area contributed by atoms with Gasteiger partial charge in [-0.1, -0.05) is 30.3 Å². The largest absolute Gasteiger partial charge is 0.390 e. The van der Waals surface area contributed by atoms with Crippen molar-refractivity contribution in [1.29, 1.82) is 0 Å². The highest BCUT2D eigenvalue weighted by molar-refractivity contribution is 5.79. The molecule has 2 N–H and O–H groups in total. The van der Waals surface area contributed by atoms with Gasteiger partial charge in [-0.25, -0.2) is 4.98 Å². The lowest BCUT2D eigenvalue weighted by molar-refractivity contribution is -0.122. The van der Waals surface area contributed by atoms with E-state index < -0.39 is 6.10 Å². The molecule has 1 aliphatic rings. The highest BCUT2D eigenvalue weighted by Gasteiger charge is 2.31. The van der Waals surface area contributed by atoms with Crippen molar-refractivity contribution in [2.75, 3.05) is 0 Å². The molecule has 1 aromatic carbocycles. The Labute approximate surface area is 133 Å². The summed E-state index contributed by atoms with van der Waals surface area (Å²) in [6.45, 7) is 0. The monoisotopic (exact) mass is 307 g/mol. The maximum atomic E-state index is 12.3. The van der Waals surface area contributed by atoms with Crippen LogP contribution in [0.25, 0.3) is 5.65 Å². The summed E-state index contributed by atoms with van der Waals surface area (Å²) >= 11 is 0. The van der Waals surface area contributed by atoms with Gasteiger partial charge >= 0.3 is 0 Å². The fraction of sp³-hybridized carbons (Fsp3) is 0.222. The molecule has 2 heterocycles. The van der Waals surface area contributed by atoms with Gasteiger partial charge in [-0.15, -0.1) is 0 Å². The van der Waals surface area contributed by atoms with Crippen molar-refractivity contribution in [2.45, 2.75) is 25.0 Å². The fourth-order valence-corrected chi connectivity index (χ4v) is 3.21. The van der Waals surface area contributed by atoms with Gasteiger partial charge in [0.2, 0.25) is 5.91 Å². The minimum Gasteiger partial charge on any atom is -0.390 e. The summed E-state index contributed by atoms with van der Waals surface area (Å²) in [6, 6.07) is 13.2. The molecular weight excluding hydrogens is 290 g/mol. The minimum absolute atomic E-state index is 0.130. The van der Waals surface area contributed by atoms with Gasteiger partial charge in [0.1, 0.15) is 5.65 Å². The average molecular weight is 307 g/mol. The van der Waals surface area contributed by atoms with Crippen LogP contribution in [0.1, 0.15) is 22.9 Å². The Morgan fingerprint density at radius 2 is 2.09 bits per heavy atom. The molecule has 5 heteroatoms. The molecule has 2 aromatic heterocycles. The number of nitrogens with zero attached hydrogens (tertiary/aromatic N) is 2. The lowest BCUT2D eigenvalue weighted by atomic mass is 10.1. The molecule has 4 rings (SSSR count). The molecule has 5 nitrogen and oxygen atoms in total. The first-order valence-electron chi connectivity index (χ1n) is 7.68. The Kier molecular flexibility index (Phi) is 3.35. The van der Waals surface area contributed by atoms with Crippen molar-refractivity contribution >= 4 is 11.6 Å². The standard InChI is InChI=1S/C18H17N3O2/c22-15-9-12-5-1-2-6-14(12)18(15)20-17(23)10-13-11-21-8-4-3-7-16(21)19-13/h1-8,11,15,18,22H,9-10H2,(H,20,23)/t15-,18+/m1/s1. The number of imidazole rings is 1. The van der Waals surface area contributed by atoms with E-state index in [1.165, 1.54) is 0 Å². The topological polar surface area (TPSA) is 66.6 Å². The van der Waals surface area contributed by atoms with Gasteiger partial charge in [0.05, 0.1) is 24.3 Å². The van der Waals surface area contributed by atoms with Crippen LogP contribution < -0.4 is 5.32 Å². The van der Waals surface area contributed by atoms with Gasteiger partial charge in [0.15, 0.2) is 0 Å². The summed E-state index contributed by atoms with van der Waals surface area (Å²) in [5, 5.41) is 13.1. The van der Waals surface area contributed by atoms with Gasteiger partial charge in [0.25, 0.3) is 0 Å². The Hall–Kier alpha value is -2.66. The number of fused-ring (bicyclic) bond motifs is 2. The van der Waals surface area contributed by atoms with Crippen molar-refractivity contribution in [1.82, 2.24) is 14.7 Å². The number of rotatable bonds is 3. The Balaban J connectivity index is 1.50. The van der Waals surface area contributed by atoms with Gasteiger partial charge in [0, 0.05) is 18.8 Å². The van der Waals surface area contributed by atoms with E-state index in [1.807, 2.05) is 59.3 Å². The molecule has 1 amide bonds. The number of benzene rings is 1. The summed E-state index contributed by atoms with van der Waals surface area (Å²) in [5.74, 6) is -0.130. The normalized spacial score (nSPS) is 19.7. The van der Waals surface area contributed by atoms with Crippen LogP contribution in [0.2, 0.25) is 0 Å². The number of hydrogen-bond donors (Lipinski definition) is 2. The van der Waals surface area contributed by atoms with Crippen LogP contribution >= 0.6 is 0 Å². The lowest BCUT2D eigenvalue weighted by Crippen LogP contribution is -2.34. The minimum atomic E-state index is -0.572. The molecule has 0 saturated carbocycles. The lowest BCUT2D eigenvalue weighted by Gasteiger charge is -2.17. The SMILES string of the molecule is O=C(Cc1cn2ccccc2n1)N[C@H]1c2ccccc2C[C@H]1O. The van der Waals surface area contributed by atoms with Crippen molar-refractivity contribution in [3.05, 3.63) is 71.7 Å². The number of nitrogens with one attached hydrogen (secondary N) is 1. The van der Waals surface area contributed by atoms with Crippen LogP contribution in [-0.2, 0) is 17.6 Å². The molecule has 0 saturated heterocycles. The first-order valence-corrected chi connectivity index (χ1v) is 7.68. The summed E-state index contributed by atoms with van der Waals surface area (Å²) in [6.07, 6.45) is 3.97. The van der Waals surface area contributed by atoms with Crippen molar-refractivity contribution in [3.63, 3.8) is 0 Å². The molecule has 0 spiro atoms. The maximum Gasteiger partial charge on any atom is 0.226 e. The third kappa shape index (κ3) is 2.59. The molecule has 2 atom stereocenters. The van der Waals surface area contributed by atoms with Crippen LogP contribution in [0.4, 0.5) is 0 Å². The van der Waals surface area contributed by atoms with E-state index >= 15 is 0 Å². The highest BCUT2D eigenvalue weighted by atomic mass is 16.3. The fourth-order valence-electron chi connectivity index (χ4n) is 3.21. The predicted molar refractivity (Wildman–Crippen MR) is 85.9 cm³/mol. The van der Waals surface area contributed by atoms with E-state index in [1.54, 1.807) is 0 Å². The van der Waals surface area contributed by atoms with E-state index in [9.17, 15) is 9.90 Å². The van der Waals surface area contributed by atoms with Crippen LogP contribution in [-0.4, -0.2) is 26.5 Å². The number of aliphatic hydroxyl groups is 1. The number of aromatic nitrogens is 2. The highest BCUT2D eigenvalue weighted by Crippen LogP contribution is 2.31. The molecule has 0 aliphatic heterocycles. The van der Waals surface area contributed by atoms with Gasteiger partial charge < -0.3 is 14.8 Å². The number of aliphatic hydroxyl groups excluding tert-OH is 1. The van der Waals surface area contributed by atoms with Crippen molar-refractivity contribution in [3.8, 4) is 0 Å². The van der Waals surface area contributed by atoms with Gasteiger partial charge in [-0.2, -0.15) is 0 Å². The molecule has 0 fully saturated rings. The molecular formula is C18H17N3O2. The summed E-state index contributed by atoms with van der Waals surface area (Å²) in [5.41, 5.74) is 3.64. The zero-order valence-electron chi connectivity index (χ0n) is 12.5. The van der Waals surface area contributed by atoms with E-state index in [0.29, 0.717) is 6.42 Å². The Morgan fingerprint density at radius 3 is 2.96 bits per heavy atom. The first kappa shape index (κ1) is 14.0. The van der Waals surface area contributed by atoms with E-state index in [2.05, 4.69) is 10.3 Å². The number of hydrogen-bond acceptors (Lipinski definition) is 3. The van der Waals surface area contributed by atoms with Crippen molar-refractivity contribution < 1.29 is 9.90 Å². The average Bonchev–Trinajstić information content (AvgIpc) is 3.08. The Morgan fingerprint density at radius 1 is 1.26 bits per heavy atom. The molecule has 3 aromatic rings. The number of amides is 1. The quantitative estimate of drug-likeness (QED) is 0.773. The van der Waals surface area contributed by atoms with E-state index in [4.69, 9.17) is 0 Å². The predicted octanol–water partition coefficient (Wildman–Crippen LogP) is 1.65. The molecule has 1 aliphatic carbocycles.